The molecule has 0 spiro atoms. The summed E-state index contributed by atoms with van der Waals surface area (Å²) >= 11 is 3.41. The SMILES string of the molecule is Cc1cc(Br)cn(CCNC(C)C(C)C)c1=O. The van der Waals surface area contributed by atoms with E-state index in [9.17, 15) is 4.79 Å². The van der Waals surface area contributed by atoms with Gasteiger partial charge in [-0.3, -0.25) is 4.79 Å². The molecule has 1 N–H and O–H groups in total. The molecule has 0 amide bonds. The molecule has 0 radical (unpaired) electrons. The van der Waals surface area contributed by atoms with E-state index in [-0.39, 0.29) is 5.56 Å². The molecular formula is C13H21BrN2O. The lowest BCUT2D eigenvalue weighted by molar-refractivity contribution is 0.415. The van der Waals surface area contributed by atoms with Crippen molar-refractivity contribution in [1.82, 2.24) is 9.88 Å². The Morgan fingerprint density at radius 1 is 1.41 bits per heavy atom. The number of nitrogens with one attached hydrogen (secondary N) is 1. The van der Waals surface area contributed by atoms with Crippen LogP contribution in [0.4, 0.5) is 0 Å². The summed E-state index contributed by atoms with van der Waals surface area (Å²) in [5, 5.41) is 3.42. The van der Waals surface area contributed by atoms with Gasteiger partial charge in [0.05, 0.1) is 0 Å². The maximum absolute atomic E-state index is 11.8. The summed E-state index contributed by atoms with van der Waals surface area (Å²) < 4.78 is 2.70. The molecule has 96 valence electrons. The number of hydrogen-bond donors (Lipinski definition) is 1. The Kier molecular flexibility index (Phi) is 5.40. The van der Waals surface area contributed by atoms with E-state index in [1.807, 2.05) is 19.2 Å². The molecule has 1 rings (SSSR count). The fourth-order valence-corrected chi connectivity index (χ4v) is 2.14. The molecule has 0 fully saturated rings. The van der Waals surface area contributed by atoms with Crippen LogP contribution in [0.25, 0.3) is 0 Å². The topological polar surface area (TPSA) is 34.0 Å². The average Bonchev–Trinajstić information content (AvgIpc) is 2.24. The molecule has 0 aliphatic heterocycles. The van der Waals surface area contributed by atoms with E-state index in [1.54, 1.807) is 4.57 Å². The van der Waals surface area contributed by atoms with Gasteiger partial charge < -0.3 is 9.88 Å². The molecule has 0 aliphatic carbocycles. The Morgan fingerprint density at radius 2 is 2.06 bits per heavy atom. The Labute approximate surface area is 111 Å². The molecule has 3 nitrogen and oxygen atoms in total. The van der Waals surface area contributed by atoms with Crippen molar-refractivity contribution >= 4 is 15.9 Å². The summed E-state index contributed by atoms with van der Waals surface area (Å²) in [6.07, 6.45) is 1.84. The Morgan fingerprint density at radius 3 is 2.65 bits per heavy atom. The molecule has 17 heavy (non-hydrogen) atoms. The first-order valence-corrected chi connectivity index (χ1v) is 6.81. The van der Waals surface area contributed by atoms with Gasteiger partial charge in [0.15, 0.2) is 0 Å². The normalized spacial score (nSPS) is 13.1. The number of aryl methyl sites for hydroxylation is 1. The maximum atomic E-state index is 11.8. The van der Waals surface area contributed by atoms with Crippen molar-refractivity contribution in [2.75, 3.05) is 6.54 Å². The highest BCUT2D eigenvalue weighted by atomic mass is 79.9. The first-order valence-electron chi connectivity index (χ1n) is 6.01. The van der Waals surface area contributed by atoms with Crippen LogP contribution < -0.4 is 10.9 Å². The number of pyridine rings is 1. The monoisotopic (exact) mass is 300 g/mol. The van der Waals surface area contributed by atoms with Gasteiger partial charge in [0, 0.05) is 35.4 Å². The molecule has 1 aromatic heterocycles. The lowest BCUT2D eigenvalue weighted by Crippen LogP contribution is -2.35. The van der Waals surface area contributed by atoms with E-state index in [4.69, 9.17) is 0 Å². The smallest absolute Gasteiger partial charge is 0.253 e. The zero-order valence-corrected chi connectivity index (χ0v) is 12.5. The lowest BCUT2D eigenvalue weighted by Gasteiger charge is -2.18. The molecule has 0 aromatic carbocycles. The van der Waals surface area contributed by atoms with Crippen LogP contribution in [0.1, 0.15) is 26.3 Å². The third-order valence-electron chi connectivity index (χ3n) is 3.05. The van der Waals surface area contributed by atoms with Crippen molar-refractivity contribution < 1.29 is 0 Å². The Bertz CT molecular complexity index is 426. The molecule has 0 saturated heterocycles. The van der Waals surface area contributed by atoms with Crippen molar-refractivity contribution in [3.05, 3.63) is 32.7 Å². The molecule has 1 atom stereocenters. The van der Waals surface area contributed by atoms with Gasteiger partial charge in [-0.2, -0.15) is 0 Å². The standard InChI is InChI=1S/C13H21BrN2O/c1-9(2)11(4)15-5-6-16-8-12(14)7-10(3)13(16)17/h7-9,11,15H,5-6H2,1-4H3. The minimum atomic E-state index is 0.0900. The van der Waals surface area contributed by atoms with Gasteiger partial charge in [0.2, 0.25) is 0 Å². The van der Waals surface area contributed by atoms with Crippen molar-refractivity contribution in [1.29, 1.82) is 0 Å². The van der Waals surface area contributed by atoms with Crippen LogP contribution >= 0.6 is 15.9 Å². The minimum absolute atomic E-state index is 0.0900. The van der Waals surface area contributed by atoms with Crippen LogP contribution in [0.15, 0.2) is 21.5 Å². The lowest BCUT2D eigenvalue weighted by atomic mass is 10.1. The van der Waals surface area contributed by atoms with Crippen molar-refractivity contribution in [3.63, 3.8) is 0 Å². The quantitative estimate of drug-likeness (QED) is 0.907. The third-order valence-corrected chi connectivity index (χ3v) is 3.48. The fourth-order valence-electron chi connectivity index (χ4n) is 1.55. The van der Waals surface area contributed by atoms with Crippen LogP contribution in [0.5, 0.6) is 0 Å². The van der Waals surface area contributed by atoms with Crippen LogP contribution in [0.2, 0.25) is 0 Å². The van der Waals surface area contributed by atoms with Crippen LogP contribution in [0, 0.1) is 12.8 Å². The molecule has 0 bridgehead atoms. The molecule has 1 aromatic rings. The second-order valence-corrected chi connectivity index (χ2v) is 5.74. The Hall–Kier alpha value is -0.610. The van der Waals surface area contributed by atoms with Crippen LogP contribution in [-0.4, -0.2) is 17.2 Å². The number of nitrogens with zero attached hydrogens (tertiary/aromatic N) is 1. The second-order valence-electron chi connectivity index (χ2n) is 4.83. The average molecular weight is 301 g/mol. The largest absolute Gasteiger partial charge is 0.313 e. The van der Waals surface area contributed by atoms with E-state index in [1.165, 1.54) is 0 Å². The van der Waals surface area contributed by atoms with Gasteiger partial charge >= 0.3 is 0 Å². The predicted molar refractivity (Wildman–Crippen MR) is 75.4 cm³/mol. The molecule has 0 aliphatic rings. The van der Waals surface area contributed by atoms with E-state index in [0.29, 0.717) is 18.5 Å². The summed E-state index contributed by atoms with van der Waals surface area (Å²) in [6, 6.07) is 2.32. The van der Waals surface area contributed by atoms with Gasteiger partial charge in [0.1, 0.15) is 0 Å². The highest BCUT2D eigenvalue weighted by Gasteiger charge is 2.06. The van der Waals surface area contributed by atoms with E-state index in [2.05, 4.69) is 42.0 Å². The van der Waals surface area contributed by atoms with E-state index < -0.39 is 0 Å². The molecule has 4 heteroatoms. The highest BCUT2D eigenvalue weighted by Crippen LogP contribution is 2.07. The van der Waals surface area contributed by atoms with Crippen LogP contribution in [0.3, 0.4) is 0 Å². The molecule has 0 saturated carbocycles. The first-order chi connectivity index (χ1) is 7.91. The zero-order chi connectivity index (χ0) is 13.0. The van der Waals surface area contributed by atoms with Gasteiger partial charge in [-0.15, -0.1) is 0 Å². The second kappa shape index (κ2) is 6.36. The summed E-state index contributed by atoms with van der Waals surface area (Å²) in [5.74, 6) is 0.607. The summed E-state index contributed by atoms with van der Waals surface area (Å²) in [6.45, 7) is 9.90. The van der Waals surface area contributed by atoms with Gasteiger partial charge in [-0.25, -0.2) is 0 Å². The molecule has 1 unspecified atom stereocenters. The number of halogens is 1. The number of rotatable bonds is 5. The van der Waals surface area contributed by atoms with Crippen molar-refractivity contribution in [2.45, 2.75) is 40.3 Å². The third kappa shape index (κ3) is 4.28. The predicted octanol–water partition coefficient (Wildman–Crippen LogP) is 2.55. The molecule has 1 heterocycles. The Balaban J connectivity index is 2.61. The minimum Gasteiger partial charge on any atom is -0.313 e. The summed E-state index contributed by atoms with van der Waals surface area (Å²) in [4.78, 5) is 11.8. The van der Waals surface area contributed by atoms with Crippen molar-refractivity contribution in [2.24, 2.45) is 5.92 Å². The van der Waals surface area contributed by atoms with Gasteiger partial charge in [0.25, 0.3) is 5.56 Å². The highest BCUT2D eigenvalue weighted by molar-refractivity contribution is 9.10. The van der Waals surface area contributed by atoms with E-state index in [0.717, 1.165) is 16.6 Å². The maximum Gasteiger partial charge on any atom is 0.253 e. The summed E-state index contributed by atoms with van der Waals surface area (Å²) in [5.41, 5.74) is 0.864. The van der Waals surface area contributed by atoms with Crippen LogP contribution in [-0.2, 0) is 6.54 Å². The van der Waals surface area contributed by atoms with Crippen molar-refractivity contribution in [3.8, 4) is 0 Å². The number of aromatic nitrogens is 1. The summed E-state index contributed by atoms with van der Waals surface area (Å²) in [7, 11) is 0. The molecular weight excluding hydrogens is 280 g/mol. The first kappa shape index (κ1) is 14.5. The fraction of sp³-hybridized carbons (Fsp3) is 0.615. The zero-order valence-electron chi connectivity index (χ0n) is 11.0. The number of hydrogen-bond acceptors (Lipinski definition) is 2. The van der Waals surface area contributed by atoms with Gasteiger partial charge in [-0.05, 0) is 41.8 Å². The van der Waals surface area contributed by atoms with Gasteiger partial charge in [-0.1, -0.05) is 13.8 Å². The van der Waals surface area contributed by atoms with E-state index >= 15 is 0 Å².